The second-order valence-corrected chi connectivity index (χ2v) is 31.1. The molecule has 20 aromatic rings. The monoisotopic (exact) mass is 1410 g/mol. The predicted molar refractivity (Wildman–Crippen MR) is 452 cm³/mol. The second kappa shape index (κ2) is 23.5. The van der Waals surface area contributed by atoms with Gasteiger partial charge >= 0.3 is 0 Å². The molecule has 0 amide bonds. The van der Waals surface area contributed by atoms with Gasteiger partial charge in [0.15, 0.2) is 0 Å². The maximum Gasteiger partial charge on any atom is 0.104 e. The first-order valence-corrected chi connectivity index (χ1v) is 38.7. The highest BCUT2D eigenvalue weighted by molar-refractivity contribution is 8.00. The largest absolute Gasteiger partial charge is 0.310 e. The van der Waals surface area contributed by atoms with Crippen molar-refractivity contribution in [1.29, 1.82) is 10.5 Å². The van der Waals surface area contributed by atoms with Crippen molar-refractivity contribution in [3.05, 3.63) is 355 Å². The van der Waals surface area contributed by atoms with E-state index in [0.717, 1.165) is 149 Å². The second-order valence-electron chi connectivity index (χ2n) is 28.9. The molecule has 2 atom stereocenters. The third-order valence-electron chi connectivity index (χ3n) is 23.5. The van der Waals surface area contributed by atoms with Gasteiger partial charge in [0.1, 0.15) is 23.3 Å². The lowest BCUT2D eigenvalue weighted by Crippen LogP contribution is -2.20. The zero-order chi connectivity index (χ0) is 71.0. The lowest BCUT2D eigenvalue weighted by atomic mass is 9.87. The zero-order valence-electron chi connectivity index (χ0n) is 58.2. The average molecular weight is 1410 g/mol. The molecule has 23 rings (SSSR count). The van der Waals surface area contributed by atoms with Gasteiger partial charge in [-0.1, -0.05) is 285 Å². The number of para-hydroxylation sites is 3. The topological polar surface area (TPSA) is 67.3 Å². The average Bonchev–Trinajstić information content (AvgIpc) is 1.47. The number of allylic oxidation sites excluding steroid dienone is 2. The summed E-state index contributed by atoms with van der Waals surface area (Å²) < 4.78 is 12.0. The Hall–Kier alpha value is -13.5. The number of nitriles is 2. The molecule has 0 saturated heterocycles. The molecule has 0 saturated carbocycles. The molecule has 0 spiro atoms. The highest BCUT2D eigenvalue weighted by Crippen LogP contribution is 2.61. The van der Waals surface area contributed by atoms with Gasteiger partial charge < -0.3 is 18.3 Å². The lowest BCUT2D eigenvalue weighted by Gasteiger charge is -2.30. The van der Waals surface area contributed by atoms with Crippen LogP contribution in [-0.4, -0.2) is 18.3 Å². The lowest BCUT2D eigenvalue weighted by molar-refractivity contribution is 0.773. The fourth-order valence-electron chi connectivity index (χ4n) is 19.0. The van der Waals surface area contributed by atoms with E-state index >= 15 is 0 Å². The van der Waals surface area contributed by atoms with Crippen LogP contribution in [0.4, 0.5) is 0 Å². The fourth-order valence-corrected chi connectivity index (χ4v) is 21.7. The first-order valence-electron chi connectivity index (χ1n) is 37.0. The number of thioether (sulfide) groups is 1. The molecule has 3 aliphatic rings. The molecule has 0 radical (unpaired) electrons. The van der Waals surface area contributed by atoms with Crippen LogP contribution in [0.25, 0.3) is 187 Å². The minimum absolute atomic E-state index is 0.00168. The van der Waals surface area contributed by atoms with Crippen molar-refractivity contribution in [3.63, 3.8) is 0 Å². The normalized spacial score (nSPS) is 14.5. The maximum absolute atomic E-state index is 13.8. The van der Waals surface area contributed by atoms with E-state index in [1.165, 1.54) is 42.1 Å². The number of nitrogens with zero attached hydrogens (tertiary/aromatic N) is 6. The molecule has 6 nitrogen and oxygen atoms in total. The van der Waals surface area contributed by atoms with Gasteiger partial charge in [-0.25, -0.2) is 0 Å². The predicted octanol–water partition coefficient (Wildman–Crippen LogP) is 26.8. The molecular formula is C100H60N6S2. The summed E-state index contributed by atoms with van der Waals surface area (Å²) in [6, 6.07) is 117. The molecule has 6 heterocycles. The van der Waals surface area contributed by atoms with Crippen molar-refractivity contribution in [2.45, 2.75) is 28.9 Å². The molecule has 0 N–H and O–H groups in total. The van der Waals surface area contributed by atoms with Crippen LogP contribution in [0, 0.1) is 22.7 Å². The van der Waals surface area contributed by atoms with Crippen LogP contribution in [0.1, 0.15) is 56.8 Å². The Morgan fingerprint density at radius 3 is 1.49 bits per heavy atom. The quantitative estimate of drug-likeness (QED) is 0.152. The van der Waals surface area contributed by atoms with E-state index < -0.39 is 0 Å². The maximum atomic E-state index is 13.8. The molecule has 0 bridgehead atoms. The summed E-state index contributed by atoms with van der Waals surface area (Å²) in [7, 11) is 0. The van der Waals surface area contributed by atoms with Crippen molar-refractivity contribution >= 4 is 142 Å². The van der Waals surface area contributed by atoms with Crippen LogP contribution in [-0.2, 0) is 6.42 Å². The van der Waals surface area contributed by atoms with Crippen LogP contribution in [0.3, 0.4) is 0 Å². The SMILES string of the molecule is N#Cc1c(-n2c3c(c4ccc(-c5ccccc5-c5cccc6ccccc56)cc42)C=CC2c4ccccc4SC32)c(-n2c3ccccc3c3ccccc32)c(C#N)c(-n2c3cc(-c4ccccc4-c4cccc5ccccc45)ccc3c3ccc4c5ccccc5sc4c32)c1-n1c2c(c3ccccc31)C=CCC2. The first kappa shape index (κ1) is 60.9. The molecular weight excluding hydrogens is 1350 g/mol. The Kier molecular flexibility index (Phi) is 13.3. The van der Waals surface area contributed by atoms with Crippen molar-refractivity contribution in [2.24, 2.45) is 0 Å². The Balaban J connectivity index is 0.942. The van der Waals surface area contributed by atoms with Gasteiger partial charge in [0.25, 0.3) is 0 Å². The summed E-state index contributed by atoms with van der Waals surface area (Å²) in [6.45, 7) is 0. The number of aromatic nitrogens is 4. The van der Waals surface area contributed by atoms with Gasteiger partial charge in [0.05, 0.1) is 65.8 Å². The number of hydrogen-bond donors (Lipinski definition) is 0. The van der Waals surface area contributed by atoms with Gasteiger partial charge in [0.2, 0.25) is 0 Å². The summed E-state index contributed by atoms with van der Waals surface area (Å²) in [4.78, 5) is 1.24. The molecule has 5 aromatic heterocycles. The van der Waals surface area contributed by atoms with Gasteiger partial charge in [-0.3, -0.25) is 0 Å². The van der Waals surface area contributed by atoms with E-state index in [-0.39, 0.29) is 11.2 Å². The Morgan fingerprint density at radius 1 is 0.352 bits per heavy atom. The molecule has 8 heteroatoms. The summed E-state index contributed by atoms with van der Waals surface area (Å²) in [6.07, 6.45) is 10.9. The highest BCUT2D eigenvalue weighted by atomic mass is 32.2. The van der Waals surface area contributed by atoms with Crippen molar-refractivity contribution < 1.29 is 0 Å². The van der Waals surface area contributed by atoms with Gasteiger partial charge in [-0.05, 0) is 127 Å². The Bertz CT molecular complexity index is 7470. The van der Waals surface area contributed by atoms with Crippen molar-refractivity contribution in [1.82, 2.24) is 18.3 Å². The van der Waals surface area contributed by atoms with E-state index in [1.54, 1.807) is 11.3 Å². The molecule has 15 aromatic carbocycles. The standard InChI is InChI=1S/C100H60N6S2/c101-57-83-94(104-87-43-17-11-35-73(87)74-36-12-18-44-88(74)104)96(106-90-56-62(66-30-6-8-32-68(66)70-40-22-26-60-24-2-4-28-64(60)70)48-50-76(90)80-52-54-82-78-38-14-20-46-92(78)108-100(82)98(80)106)84(58-102)93(103-85-41-15-9-33-71(85)72-34-10-16-42-86(72)103)95(83)105-89-55-61(65-29-5-7-31-67(65)69-39-21-25-59-23-1-3-27-63(59)69)47-49-75(89)79-51-53-81-77-37-13-19-45-91(77)107-99(81)97(79)105/h1-17,19-43,45-56,81,99H,18,44H2. The molecule has 2 unspecified atom stereocenters. The third kappa shape index (κ3) is 8.58. The minimum Gasteiger partial charge on any atom is -0.310 e. The molecule has 108 heavy (non-hydrogen) atoms. The summed E-state index contributed by atoms with van der Waals surface area (Å²) in [5.74, 6) is -0.00168. The number of thiophene rings is 1. The van der Waals surface area contributed by atoms with Gasteiger partial charge in [-0.15, -0.1) is 23.1 Å². The smallest absolute Gasteiger partial charge is 0.104 e. The Morgan fingerprint density at radius 2 is 0.824 bits per heavy atom. The van der Waals surface area contributed by atoms with Crippen LogP contribution in [0.5, 0.6) is 0 Å². The number of benzene rings is 15. The van der Waals surface area contributed by atoms with E-state index in [4.69, 9.17) is 0 Å². The Labute approximate surface area is 629 Å². The van der Waals surface area contributed by atoms with Gasteiger partial charge in [0, 0.05) is 81.1 Å². The zero-order valence-corrected chi connectivity index (χ0v) is 59.9. The highest BCUT2D eigenvalue weighted by Gasteiger charge is 2.43. The van der Waals surface area contributed by atoms with Gasteiger partial charge in [-0.2, -0.15) is 10.5 Å². The van der Waals surface area contributed by atoms with E-state index in [2.05, 4.69) is 358 Å². The van der Waals surface area contributed by atoms with Crippen molar-refractivity contribution in [3.8, 4) is 79.4 Å². The summed E-state index contributed by atoms with van der Waals surface area (Å²) >= 11 is 3.70. The number of fused-ring (bicyclic) bond motifs is 22. The summed E-state index contributed by atoms with van der Waals surface area (Å²) in [5, 5.41) is 40.7. The molecule has 0 fully saturated rings. The van der Waals surface area contributed by atoms with Crippen molar-refractivity contribution in [2.75, 3.05) is 0 Å². The molecule has 2 aliphatic carbocycles. The molecule has 502 valence electrons. The van der Waals surface area contributed by atoms with Crippen LogP contribution >= 0.6 is 23.1 Å². The van der Waals surface area contributed by atoms with E-state index in [0.29, 0.717) is 40.3 Å². The van der Waals surface area contributed by atoms with Crippen LogP contribution < -0.4 is 0 Å². The fraction of sp³-hybridized carbons (Fsp3) is 0.0400. The van der Waals surface area contributed by atoms with E-state index in [1.807, 2.05) is 11.8 Å². The third-order valence-corrected chi connectivity index (χ3v) is 26.1. The van der Waals surface area contributed by atoms with Crippen LogP contribution in [0.2, 0.25) is 0 Å². The van der Waals surface area contributed by atoms with E-state index in [9.17, 15) is 10.5 Å². The van der Waals surface area contributed by atoms with Crippen LogP contribution in [0.15, 0.2) is 320 Å². The number of hydrogen-bond acceptors (Lipinski definition) is 4. The first-order chi connectivity index (χ1) is 53.6. The molecule has 1 aliphatic heterocycles. The number of rotatable bonds is 8. The summed E-state index contributed by atoms with van der Waals surface area (Å²) in [5.41, 5.74) is 23.5. The minimum atomic E-state index is -0.133.